The van der Waals surface area contributed by atoms with Gasteiger partial charge in [0.25, 0.3) is 0 Å². The monoisotopic (exact) mass is 267 g/mol. The molecule has 0 spiro atoms. The fourth-order valence-electron chi connectivity index (χ4n) is 1.95. The van der Waals surface area contributed by atoms with Crippen molar-refractivity contribution in [1.29, 1.82) is 0 Å². The van der Waals surface area contributed by atoms with Gasteiger partial charge in [0, 0.05) is 17.8 Å². The van der Waals surface area contributed by atoms with Gasteiger partial charge in [0.2, 0.25) is 5.91 Å². The number of amides is 1. The Bertz CT molecular complexity index is 353. The van der Waals surface area contributed by atoms with Gasteiger partial charge in [-0.1, -0.05) is 50.6 Å². The molecule has 1 rings (SSSR count). The third-order valence-electron chi connectivity index (χ3n) is 3.03. The fraction of sp³-hybridized carbons (Fsp3) is 0.533. The lowest BCUT2D eigenvalue weighted by Gasteiger charge is -2.19. The molecule has 0 aromatic heterocycles. The number of rotatable bonds is 7. The van der Waals surface area contributed by atoms with Gasteiger partial charge in [-0.2, -0.15) is 0 Å². The van der Waals surface area contributed by atoms with Crippen molar-refractivity contribution in [1.82, 2.24) is 5.32 Å². The number of carbonyl (C=O) groups is 1. The van der Waals surface area contributed by atoms with Crippen LogP contribution in [0.3, 0.4) is 0 Å². The first-order chi connectivity index (χ1) is 8.67. The smallest absolute Gasteiger partial charge is 0.223 e. The Hall–Kier alpha value is -1.02. The van der Waals surface area contributed by atoms with Crippen LogP contribution >= 0.6 is 11.6 Å². The van der Waals surface area contributed by atoms with Crippen LogP contribution in [0.2, 0.25) is 0 Å². The van der Waals surface area contributed by atoms with Crippen LogP contribution in [0.1, 0.15) is 32.3 Å². The van der Waals surface area contributed by atoms with E-state index in [0.717, 1.165) is 19.3 Å². The third-order valence-corrected chi connectivity index (χ3v) is 3.40. The summed E-state index contributed by atoms with van der Waals surface area (Å²) in [6.45, 7) is 4.05. The van der Waals surface area contributed by atoms with Gasteiger partial charge in [0.15, 0.2) is 0 Å². The van der Waals surface area contributed by atoms with E-state index in [-0.39, 0.29) is 17.9 Å². The minimum absolute atomic E-state index is 0.0147. The molecule has 2 atom stereocenters. The summed E-state index contributed by atoms with van der Waals surface area (Å²) < 4.78 is 0. The van der Waals surface area contributed by atoms with Crippen molar-refractivity contribution in [3.05, 3.63) is 35.9 Å². The van der Waals surface area contributed by atoms with Crippen molar-refractivity contribution in [2.24, 2.45) is 5.92 Å². The SMILES string of the molecule is CCCC(C)C(=O)NC(CCl)Cc1ccccc1. The summed E-state index contributed by atoms with van der Waals surface area (Å²) in [6, 6.07) is 10.1. The van der Waals surface area contributed by atoms with Gasteiger partial charge in [-0.05, 0) is 18.4 Å². The standard InChI is InChI=1S/C15H22ClNO/c1-3-7-12(2)15(18)17-14(11-16)10-13-8-5-4-6-9-13/h4-6,8-9,12,14H,3,7,10-11H2,1-2H3,(H,17,18). The Kier molecular flexibility index (Phi) is 6.81. The molecule has 0 fully saturated rings. The van der Waals surface area contributed by atoms with Gasteiger partial charge in [-0.3, -0.25) is 4.79 Å². The molecule has 3 heteroatoms. The molecule has 2 nitrogen and oxygen atoms in total. The van der Waals surface area contributed by atoms with Crippen LogP contribution in [0.4, 0.5) is 0 Å². The highest BCUT2D eigenvalue weighted by molar-refractivity contribution is 6.18. The maximum atomic E-state index is 11.9. The number of nitrogens with one attached hydrogen (secondary N) is 1. The second-order valence-electron chi connectivity index (χ2n) is 4.74. The molecule has 0 saturated heterocycles. The van der Waals surface area contributed by atoms with Crippen LogP contribution in [-0.2, 0) is 11.2 Å². The Labute approximate surface area is 115 Å². The number of halogens is 1. The average molecular weight is 268 g/mol. The van der Waals surface area contributed by atoms with Crippen molar-refractivity contribution in [3.8, 4) is 0 Å². The zero-order valence-corrected chi connectivity index (χ0v) is 11.9. The average Bonchev–Trinajstić information content (AvgIpc) is 2.39. The molecular weight excluding hydrogens is 246 g/mol. The summed E-state index contributed by atoms with van der Waals surface area (Å²) >= 11 is 5.93. The van der Waals surface area contributed by atoms with E-state index in [4.69, 9.17) is 11.6 Å². The third kappa shape index (κ3) is 5.09. The van der Waals surface area contributed by atoms with E-state index in [1.54, 1.807) is 0 Å². The fourth-order valence-corrected chi connectivity index (χ4v) is 2.14. The molecule has 2 unspecified atom stereocenters. The molecule has 0 radical (unpaired) electrons. The molecule has 0 heterocycles. The van der Waals surface area contributed by atoms with E-state index in [2.05, 4.69) is 24.4 Å². The number of benzene rings is 1. The van der Waals surface area contributed by atoms with E-state index < -0.39 is 0 Å². The first-order valence-electron chi connectivity index (χ1n) is 6.57. The highest BCUT2D eigenvalue weighted by Crippen LogP contribution is 2.08. The maximum Gasteiger partial charge on any atom is 0.223 e. The van der Waals surface area contributed by atoms with Gasteiger partial charge >= 0.3 is 0 Å². The largest absolute Gasteiger partial charge is 0.352 e. The summed E-state index contributed by atoms with van der Waals surface area (Å²) in [6.07, 6.45) is 2.74. The topological polar surface area (TPSA) is 29.1 Å². The molecule has 0 bridgehead atoms. The number of alkyl halides is 1. The number of hydrogen-bond donors (Lipinski definition) is 1. The molecule has 1 amide bonds. The van der Waals surface area contributed by atoms with E-state index in [9.17, 15) is 4.79 Å². The van der Waals surface area contributed by atoms with Gasteiger partial charge in [-0.15, -0.1) is 11.6 Å². The van der Waals surface area contributed by atoms with E-state index in [1.807, 2.05) is 25.1 Å². The summed E-state index contributed by atoms with van der Waals surface area (Å²) in [7, 11) is 0. The van der Waals surface area contributed by atoms with Crippen molar-refractivity contribution in [3.63, 3.8) is 0 Å². The molecule has 0 aliphatic carbocycles. The van der Waals surface area contributed by atoms with Crippen molar-refractivity contribution < 1.29 is 4.79 Å². The summed E-state index contributed by atoms with van der Waals surface area (Å²) in [5.74, 6) is 0.620. The predicted molar refractivity (Wildman–Crippen MR) is 76.9 cm³/mol. The molecule has 1 aromatic carbocycles. The van der Waals surface area contributed by atoms with Crippen LogP contribution in [-0.4, -0.2) is 17.8 Å². The van der Waals surface area contributed by atoms with E-state index >= 15 is 0 Å². The second-order valence-corrected chi connectivity index (χ2v) is 5.05. The molecule has 100 valence electrons. The lowest BCUT2D eigenvalue weighted by Crippen LogP contribution is -2.40. The Balaban J connectivity index is 2.49. The minimum Gasteiger partial charge on any atom is -0.352 e. The van der Waals surface area contributed by atoms with E-state index in [1.165, 1.54) is 5.56 Å². The lowest BCUT2D eigenvalue weighted by atomic mass is 10.0. The van der Waals surface area contributed by atoms with Gasteiger partial charge in [0.1, 0.15) is 0 Å². The molecule has 18 heavy (non-hydrogen) atoms. The van der Waals surface area contributed by atoms with Crippen LogP contribution in [0.15, 0.2) is 30.3 Å². The zero-order chi connectivity index (χ0) is 13.4. The van der Waals surface area contributed by atoms with Crippen LogP contribution in [0, 0.1) is 5.92 Å². The van der Waals surface area contributed by atoms with Crippen molar-refractivity contribution in [2.45, 2.75) is 39.2 Å². The Morgan fingerprint density at radius 2 is 2.00 bits per heavy atom. The predicted octanol–water partition coefficient (Wildman–Crippen LogP) is 3.39. The molecule has 0 aliphatic rings. The van der Waals surface area contributed by atoms with Crippen molar-refractivity contribution >= 4 is 17.5 Å². The Morgan fingerprint density at radius 3 is 2.56 bits per heavy atom. The molecule has 0 saturated carbocycles. The highest BCUT2D eigenvalue weighted by Gasteiger charge is 2.16. The van der Waals surface area contributed by atoms with E-state index in [0.29, 0.717) is 5.88 Å². The van der Waals surface area contributed by atoms with Gasteiger partial charge in [0.05, 0.1) is 0 Å². The minimum atomic E-state index is 0.0147. The zero-order valence-electron chi connectivity index (χ0n) is 11.2. The molecule has 1 aromatic rings. The maximum absolute atomic E-state index is 11.9. The number of hydrogen-bond acceptors (Lipinski definition) is 1. The molecular formula is C15H22ClNO. The Morgan fingerprint density at radius 1 is 1.33 bits per heavy atom. The summed E-state index contributed by atoms with van der Waals surface area (Å²) in [5.41, 5.74) is 1.20. The second kappa shape index (κ2) is 8.15. The lowest BCUT2D eigenvalue weighted by molar-refractivity contribution is -0.125. The van der Waals surface area contributed by atoms with Gasteiger partial charge < -0.3 is 5.32 Å². The summed E-state index contributed by atoms with van der Waals surface area (Å²) in [4.78, 5) is 11.9. The first-order valence-corrected chi connectivity index (χ1v) is 7.11. The normalized spacial score (nSPS) is 13.9. The van der Waals surface area contributed by atoms with Gasteiger partial charge in [-0.25, -0.2) is 0 Å². The van der Waals surface area contributed by atoms with Crippen LogP contribution in [0.5, 0.6) is 0 Å². The first kappa shape index (κ1) is 15.0. The van der Waals surface area contributed by atoms with Crippen molar-refractivity contribution in [2.75, 3.05) is 5.88 Å². The number of carbonyl (C=O) groups excluding carboxylic acids is 1. The quantitative estimate of drug-likeness (QED) is 0.754. The van der Waals surface area contributed by atoms with Crippen LogP contribution in [0.25, 0.3) is 0 Å². The molecule has 0 aliphatic heterocycles. The molecule has 1 N–H and O–H groups in total. The highest BCUT2D eigenvalue weighted by atomic mass is 35.5. The van der Waals surface area contributed by atoms with Crippen LogP contribution < -0.4 is 5.32 Å². The summed E-state index contributed by atoms with van der Waals surface area (Å²) in [5, 5.41) is 3.03.